The lowest BCUT2D eigenvalue weighted by Gasteiger charge is -2.10. The highest BCUT2D eigenvalue weighted by atomic mass is 35.5. The number of benzene rings is 2. The lowest BCUT2D eigenvalue weighted by atomic mass is 10.3. The highest BCUT2D eigenvalue weighted by Gasteiger charge is 2.10. The molecule has 24 heavy (non-hydrogen) atoms. The Morgan fingerprint density at radius 3 is 2.71 bits per heavy atom. The molecule has 2 aromatic rings. The molecule has 0 saturated heterocycles. The Morgan fingerprint density at radius 1 is 1.25 bits per heavy atom. The highest BCUT2D eigenvalue weighted by Crippen LogP contribution is 2.22. The van der Waals surface area contributed by atoms with Gasteiger partial charge >= 0.3 is 0 Å². The third-order valence-corrected chi connectivity index (χ3v) is 3.28. The predicted molar refractivity (Wildman–Crippen MR) is 94.4 cm³/mol. The third-order valence-electron chi connectivity index (χ3n) is 2.76. The monoisotopic (exact) mass is 365 g/mol. The number of rotatable bonds is 5. The molecular formula is C15H12ClN3O4S. The maximum Gasteiger partial charge on any atom is 0.271 e. The Bertz CT molecular complexity index is 785. The Labute approximate surface area is 147 Å². The van der Waals surface area contributed by atoms with E-state index in [1.165, 1.54) is 18.2 Å². The summed E-state index contributed by atoms with van der Waals surface area (Å²) in [6, 6.07) is 12.5. The van der Waals surface area contributed by atoms with E-state index in [9.17, 15) is 14.9 Å². The number of nitrogens with zero attached hydrogens (tertiary/aromatic N) is 1. The molecule has 0 radical (unpaired) electrons. The van der Waals surface area contributed by atoms with Crippen LogP contribution < -0.4 is 15.4 Å². The van der Waals surface area contributed by atoms with Gasteiger partial charge in [0.25, 0.3) is 11.6 Å². The molecule has 0 aliphatic rings. The van der Waals surface area contributed by atoms with Gasteiger partial charge in [0.15, 0.2) is 11.7 Å². The number of carbonyl (C=O) groups excluding carboxylic acids is 1. The number of amides is 1. The van der Waals surface area contributed by atoms with E-state index in [2.05, 4.69) is 10.6 Å². The van der Waals surface area contributed by atoms with Crippen LogP contribution in [0.25, 0.3) is 0 Å². The lowest BCUT2D eigenvalue weighted by Crippen LogP contribution is -2.37. The van der Waals surface area contributed by atoms with Gasteiger partial charge in [0, 0.05) is 17.8 Å². The van der Waals surface area contributed by atoms with Gasteiger partial charge in [0.1, 0.15) is 5.75 Å². The van der Waals surface area contributed by atoms with Crippen molar-refractivity contribution in [2.24, 2.45) is 0 Å². The SMILES string of the molecule is O=C(COc1ccccc1Cl)NC(=S)Nc1cccc([N+](=O)[O-])c1. The fraction of sp³-hybridized carbons (Fsp3) is 0.0667. The first kappa shape index (κ1) is 17.6. The van der Waals surface area contributed by atoms with Crippen molar-refractivity contribution >= 4 is 46.2 Å². The van der Waals surface area contributed by atoms with Crippen LogP contribution in [0.15, 0.2) is 48.5 Å². The van der Waals surface area contributed by atoms with Crippen LogP contribution in [0.4, 0.5) is 11.4 Å². The van der Waals surface area contributed by atoms with Gasteiger partial charge in [0.2, 0.25) is 0 Å². The minimum Gasteiger partial charge on any atom is -0.482 e. The van der Waals surface area contributed by atoms with Crippen LogP contribution in [0.5, 0.6) is 5.75 Å². The van der Waals surface area contributed by atoms with Crippen molar-refractivity contribution in [2.45, 2.75) is 0 Å². The Kier molecular flexibility index (Phi) is 6.05. The second kappa shape index (κ2) is 8.23. The van der Waals surface area contributed by atoms with Crippen LogP contribution in [0, 0.1) is 10.1 Å². The third kappa shape index (κ3) is 5.18. The molecule has 2 aromatic carbocycles. The van der Waals surface area contributed by atoms with Gasteiger partial charge in [-0.2, -0.15) is 0 Å². The van der Waals surface area contributed by atoms with Crippen LogP contribution in [0.3, 0.4) is 0 Å². The van der Waals surface area contributed by atoms with E-state index in [0.29, 0.717) is 16.5 Å². The fourth-order valence-corrected chi connectivity index (χ4v) is 2.15. The molecule has 0 fully saturated rings. The summed E-state index contributed by atoms with van der Waals surface area (Å²) in [6.45, 7) is -0.277. The van der Waals surface area contributed by atoms with Crippen molar-refractivity contribution in [1.29, 1.82) is 0 Å². The number of anilines is 1. The minimum absolute atomic E-state index is 0.00302. The van der Waals surface area contributed by atoms with E-state index in [-0.39, 0.29) is 17.4 Å². The van der Waals surface area contributed by atoms with Crippen LogP contribution in [0.1, 0.15) is 0 Å². The van der Waals surface area contributed by atoms with Gasteiger partial charge in [-0.3, -0.25) is 20.2 Å². The van der Waals surface area contributed by atoms with Gasteiger partial charge < -0.3 is 10.1 Å². The van der Waals surface area contributed by atoms with E-state index >= 15 is 0 Å². The molecule has 124 valence electrons. The zero-order valence-corrected chi connectivity index (χ0v) is 13.8. The van der Waals surface area contributed by atoms with E-state index < -0.39 is 10.8 Å². The average molecular weight is 366 g/mol. The van der Waals surface area contributed by atoms with Crippen molar-refractivity contribution in [2.75, 3.05) is 11.9 Å². The maximum atomic E-state index is 11.8. The maximum absolute atomic E-state index is 11.8. The number of thiocarbonyl (C=S) groups is 1. The molecule has 0 unspecified atom stereocenters. The fourth-order valence-electron chi connectivity index (χ4n) is 1.73. The number of halogens is 1. The summed E-state index contributed by atoms with van der Waals surface area (Å²) < 4.78 is 5.28. The van der Waals surface area contributed by atoms with Crippen molar-refractivity contribution in [1.82, 2.24) is 5.32 Å². The van der Waals surface area contributed by atoms with Crippen molar-refractivity contribution in [3.8, 4) is 5.75 Å². The summed E-state index contributed by atoms with van der Waals surface area (Å²) in [5.74, 6) is -0.107. The first-order valence-electron chi connectivity index (χ1n) is 6.68. The summed E-state index contributed by atoms with van der Waals surface area (Å²) in [4.78, 5) is 22.0. The molecule has 0 saturated carbocycles. The first-order valence-corrected chi connectivity index (χ1v) is 7.47. The molecule has 2 rings (SSSR count). The number of hydrogen-bond donors (Lipinski definition) is 2. The normalized spacial score (nSPS) is 9.88. The zero-order valence-electron chi connectivity index (χ0n) is 12.2. The van der Waals surface area contributed by atoms with Crippen molar-refractivity contribution in [3.05, 3.63) is 63.7 Å². The molecule has 9 heteroatoms. The number of carbonyl (C=O) groups is 1. The molecule has 7 nitrogen and oxygen atoms in total. The average Bonchev–Trinajstić information content (AvgIpc) is 2.54. The number of hydrogen-bond acceptors (Lipinski definition) is 5. The van der Waals surface area contributed by atoms with Gasteiger partial charge in [-0.15, -0.1) is 0 Å². The second-order valence-electron chi connectivity index (χ2n) is 4.53. The van der Waals surface area contributed by atoms with E-state index in [0.717, 1.165) is 0 Å². The lowest BCUT2D eigenvalue weighted by molar-refractivity contribution is -0.384. The number of non-ortho nitro benzene ring substituents is 1. The number of nitro benzene ring substituents is 1. The quantitative estimate of drug-likeness (QED) is 0.480. The van der Waals surface area contributed by atoms with E-state index in [4.69, 9.17) is 28.6 Å². The molecule has 1 amide bonds. The Hall–Kier alpha value is -2.71. The van der Waals surface area contributed by atoms with Gasteiger partial charge in [0.05, 0.1) is 9.95 Å². The number of nitro groups is 1. The summed E-state index contributed by atoms with van der Waals surface area (Å²) in [5.41, 5.74) is 0.303. The predicted octanol–water partition coefficient (Wildman–Crippen LogP) is 3.14. The first-order chi connectivity index (χ1) is 11.5. The molecule has 0 aliphatic carbocycles. The molecule has 0 bridgehead atoms. The van der Waals surface area contributed by atoms with Crippen molar-refractivity contribution in [3.63, 3.8) is 0 Å². The summed E-state index contributed by atoms with van der Waals surface area (Å²) in [7, 11) is 0. The van der Waals surface area contributed by atoms with Crippen LogP contribution in [-0.4, -0.2) is 22.5 Å². The second-order valence-corrected chi connectivity index (χ2v) is 5.34. The summed E-state index contributed by atoms with van der Waals surface area (Å²) in [6.07, 6.45) is 0. The van der Waals surface area contributed by atoms with Crippen LogP contribution in [-0.2, 0) is 4.79 Å². The molecule has 2 N–H and O–H groups in total. The van der Waals surface area contributed by atoms with Gasteiger partial charge in [-0.1, -0.05) is 29.8 Å². The van der Waals surface area contributed by atoms with E-state index in [1.54, 1.807) is 30.3 Å². The smallest absolute Gasteiger partial charge is 0.271 e. The number of nitrogens with one attached hydrogen (secondary N) is 2. The molecule has 0 aliphatic heterocycles. The summed E-state index contributed by atoms with van der Waals surface area (Å²) in [5, 5.41) is 16.2. The van der Waals surface area contributed by atoms with E-state index in [1.807, 2.05) is 0 Å². The van der Waals surface area contributed by atoms with Crippen LogP contribution in [0.2, 0.25) is 5.02 Å². The highest BCUT2D eigenvalue weighted by molar-refractivity contribution is 7.80. The molecule has 0 heterocycles. The van der Waals surface area contributed by atoms with Crippen LogP contribution >= 0.6 is 23.8 Å². The topological polar surface area (TPSA) is 93.5 Å². The molecular weight excluding hydrogens is 354 g/mol. The number of ether oxygens (including phenoxy) is 1. The van der Waals surface area contributed by atoms with Crippen molar-refractivity contribution < 1.29 is 14.5 Å². The Balaban J connectivity index is 1.86. The largest absolute Gasteiger partial charge is 0.482 e. The van der Waals surface area contributed by atoms with Gasteiger partial charge in [-0.05, 0) is 30.4 Å². The minimum atomic E-state index is -0.524. The molecule has 0 atom stereocenters. The summed E-state index contributed by atoms with van der Waals surface area (Å²) >= 11 is 10.9. The molecule has 0 aromatic heterocycles. The van der Waals surface area contributed by atoms with Gasteiger partial charge in [-0.25, -0.2) is 0 Å². The molecule has 0 spiro atoms. The Morgan fingerprint density at radius 2 is 2.00 bits per heavy atom. The zero-order chi connectivity index (χ0) is 17.5. The number of para-hydroxylation sites is 1. The standard InChI is InChI=1S/C15H12ClN3O4S/c16-12-6-1-2-7-13(12)23-9-14(20)18-15(24)17-10-4-3-5-11(8-10)19(21)22/h1-8H,9H2,(H2,17,18,20,24).